The van der Waals surface area contributed by atoms with E-state index in [9.17, 15) is 0 Å². The fourth-order valence-electron chi connectivity index (χ4n) is 0.991. The molecule has 1 heterocycles. The molecular weight excluding hydrogens is 294 g/mol. The lowest BCUT2D eigenvalue weighted by atomic mass is 10.1. The summed E-state index contributed by atoms with van der Waals surface area (Å²) < 4.78 is 0. The molecule has 0 fully saturated rings. The van der Waals surface area contributed by atoms with Crippen molar-refractivity contribution in [2.45, 2.75) is 5.92 Å². The van der Waals surface area contributed by atoms with E-state index in [1.54, 1.807) is 6.20 Å². The van der Waals surface area contributed by atoms with Crippen LogP contribution in [0.15, 0.2) is 46.5 Å². The Morgan fingerprint density at radius 3 is 2.31 bits per heavy atom. The van der Waals surface area contributed by atoms with Gasteiger partial charge in [-0.3, -0.25) is 4.98 Å². The summed E-state index contributed by atoms with van der Waals surface area (Å²) in [5, 5.41) is 0. The van der Waals surface area contributed by atoms with Crippen molar-refractivity contribution >= 4 is 31.9 Å². The zero-order valence-corrected chi connectivity index (χ0v) is 10.1. The van der Waals surface area contributed by atoms with Gasteiger partial charge in [0.15, 0.2) is 0 Å². The summed E-state index contributed by atoms with van der Waals surface area (Å²) in [6, 6.07) is 5.90. The average Bonchev–Trinajstić information content (AvgIpc) is 2.19. The van der Waals surface area contributed by atoms with Crippen LogP contribution in [0.5, 0.6) is 0 Å². The Balaban J connectivity index is 2.88. The number of hydrogen-bond acceptors (Lipinski definition) is 1. The van der Waals surface area contributed by atoms with Gasteiger partial charge in [0.05, 0.1) is 5.69 Å². The Hall–Kier alpha value is -0.410. The van der Waals surface area contributed by atoms with Gasteiger partial charge in [-0.05, 0) is 22.1 Å². The summed E-state index contributed by atoms with van der Waals surface area (Å²) in [5.41, 5.74) is 1.04. The first kappa shape index (κ1) is 10.7. The lowest BCUT2D eigenvalue weighted by Gasteiger charge is -2.04. The highest BCUT2D eigenvalue weighted by molar-refractivity contribution is 9.11. The molecule has 0 aliphatic heterocycles. The Morgan fingerprint density at radius 1 is 1.15 bits per heavy atom. The molecule has 0 aliphatic carbocycles. The lowest BCUT2D eigenvalue weighted by molar-refractivity contribution is 0.997. The molecule has 1 aromatic rings. The molecule has 0 unspecified atom stereocenters. The van der Waals surface area contributed by atoms with Gasteiger partial charge >= 0.3 is 0 Å². The number of pyridine rings is 1. The molecule has 0 bridgehead atoms. The minimum absolute atomic E-state index is 0.222. The van der Waals surface area contributed by atoms with Gasteiger partial charge in [0.2, 0.25) is 0 Å². The molecule has 1 nitrogen and oxygen atoms in total. The van der Waals surface area contributed by atoms with Crippen LogP contribution in [0.4, 0.5) is 0 Å². The minimum atomic E-state index is 0.222. The van der Waals surface area contributed by atoms with E-state index in [2.05, 4.69) is 36.8 Å². The van der Waals surface area contributed by atoms with Crippen LogP contribution >= 0.6 is 31.9 Å². The molecule has 3 heteroatoms. The minimum Gasteiger partial charge on any atom is -0.260 e. The largest absolute Gasteiger partial charge is 0.260 e. The fraction of sp³-hybridized carbons (Fsp3) is 0.100. The molecule has 0 saturated carbocycles. The maximum absolute atomic E-state index is 4.27. The van der Waals surface area contributed by atoms with Gasteiger partial charge in [0, 0.05) is 12.1 Å². The van der Waals surface area contributed by atoms with E-state index < -0.39 is 0 Å². The molecule has 0 atom stereocenters. The molecule has 0 spiro atoms. The standard InChI is InChI=1S/C10H9Br2N/c11-6-4-9(5-7-12)10-3-1-2-8-13-10/h1-9H. The molecular formula is C10H9Br2N. The normalized spacial score (nSPS) is 14.0. The van der Waals surface area contributed by atoms with Crippen molar-refractivity contribution in [1.29, 1.82) is 0 Å². The van der Waals surface area contributed by atoms with E-state index in [0.717, 1.165) is 5.69 Å². The SMILES string of the molecule is BrC=CC(C=CBr)c1ccccn1. The summed E-state index contributed by atoms with van der Waals surface area (Å²) in [7, 11) is 0. The molecule has 0 aromatic carbocycles. The molecule has 13 heavy (non-hydrogen) atoms. The van der Waals surface area contributed by atoms with Gasteiger partial charge in [-0.25, -0.2) is 0 Å². The number of hydrogen-bond donors (Lipinski definition) is 0. The quantitative estimate of drug-likeness (QED) is 0.823. The Bertz CT molecular complexity index is 281. The highest BCUT2D eigenvalue weighted by Crippen LogP contribution is 2.17. The predicted octanol–water partition coefficient (Wildman–Crippen LogP) is 3.98. The average molecular weight is 303 g/mol. The second-order valence-electron chi connectivity index (χ2n) is 2.42. The van der Waals surface area contributed by atoms with Gasteiger partial charge in [0.25, 0.3) is 0 Å². The fourth-order valence-corrected chi connectivity index (χ4v) is 1.65. The van der Waals surface area contributed by atoms with Crippen molar-refractivity contribution in [2.24, 2.45) is 0 Å². The maximum Gasteiger partial charge on any atom is 0.0510 e. The van der Waals surface area contributed by atoms with E-state index in [4.69, 9.17) is 0 Å². The summed E-state index contributed by atoms with van der Waals surface area (Å²) in [5.74, 6) is 0.222. The first-order chi connectivity index (χ1) is 6.38. The van der Waals surface area contributed by atoms with Gasteiger partial charge in [-0.2, -0.15) is 0 Å². The van der Waals surface area contributed by atoms with Crippen LogP contribution in [0.2, 0.25) is 0 Å². The summed E-state index contributed by atoms with van der Waals surface area (Å²) in [4.78, 5) is 7.97. The first-order valence-corrected chi connectivity index (χ1v) is 5.66. The molecule has 0 amide bonds. The Labute approximate surface area is 94.8 Å². The Kier molecular flexibility index (Phi) is 5.01. The van der Waals surface area contributed by atoms with Crippen LogP contribution < -0.4 is 0 Å². The first-order valence-electron chi connectivity index (χ1n) is 3.83. The van der Waals surface area contributed by atoms with Crippen LogP contribution in [-0.2, 0) is 0 Å². The van der Waals surface area contributed by atoms with Crippen LogP contribution in [0.3, 0.4) is 0 Å². The number of halogens is 2. The highest BCUT2D eigenvalue weighted by Gasteiger charge is 2.03. The number of aromatic nitrogens is 1. The van der Waals surface area contributed by atoms with Crippen molar-refractivity contribution in [3.05, 3.63) is 52.2 Å². The van der Waals surface area contributed by atoms with Crippen LogP contribution in [-0.4, -0.2) is 4.98 Å². The van der Waals surface area contributed by atoms with E-state index >= 15 is 0 Å². The van der Waals surface area contributed by atoms with Crippen LogP contribution in [0.1, 0.15) is 11.6 Å². The number of allylic oxidation sites excluding steroid dienone is 2. The smallest absolute Gasteiger partial charge is 0.0510 e. The van der Waals surface area contributed by atoms with Crippen molar-refractivity contribution in [1.82, 2.24) is 4.98 Å². The summed E-state index contributed by atoms with van der Waals surface area (Å²) >= 11 is 6.52. The zero-order valence-electron chi connectivity index (χ0n) is 6.90. The van der Waals surface area contributed by atoms with Gasteiger partial charge in [0.1, 0.15) is 0 Å². The zero-order chi connectivity index (χ0) is 9.52. The molecule has 0 radical (unpaired) electrons. The van der Waals surface area contributed by atoms with Gasteiger partial charge < -0.3 is 0 Å². The number of rotatable bonds is 3. The molecule has 68 valence electrons. The molecule has 0 N–H and O–H groups in total. The molecule has 1 rings (SSSR count). The van der Waals surface area contributed by atoms with E-state index in [0.29, 0.717) is 0 Å². The van der Waals surface area contributed by atoms with E-state index in [1.807, 2.05) is 40.3 Å². The van der Waals surface area contributed by atoms with E-state index in [-0.39, 0.29) is 5.92 Å². The Morgan fingerprint density at radius 2 is 1.85 bits per heavy atom. The van der Waals surface area contributed by atoms with Crippen molar-refractivity contribution in [2.75, 3.05) is 0 Å². The molecule has 1 aromatic heterocycles. The van der Waals surface area contributed by atoms with Gasteiger partial charge in [-0.1, -0.05) is 50.1 Å². The topological polar surface area (TPSA) is 12.9 Å². The molecule has 0 aliphatic rings. The molecule has 0 saturated heterocycles. The third kappa shape index (κ3) is 3.44. The van der Waals surface area contributed by atoms with Crippen LogP contribution in [0, 0.1) is 0 Å². The maximum atomic E-state index is 4.27. The third-order valence-electron chi connectivity index (χ3n) is 1.59. The lowest BCUT2D eigenvalue weighted by Crippen LogP contribution is -1.93. The monoisotopic (exact) mass is 301 g/mol. The van der Waals surface area contributed by atoms with Crippen molar-refractivity contribution in [3.63, 3.8) is 0 Å². The predicted molar refractivity (Wildman–Crippen MR) is 63.1 cm³/mol. The summed E-state index contributed by atoms with van der Waals surface area (Å²) in [6.45, 7) is 0. The highest BCUT2D eigenvalue weighted by atomic mass is 79.9. The number of nitrogens with zero attached hydrogens (tertiary/aromatic N) is 1. The summed E-state index contributed by atoms with van der Waals surface area (Å²) in [6.07, 6.45) is 5.85. The van der Waals surface area contributed by atoms with Gasteiger partial charge in [-0.15, -0.1) is 0 Å². The third-order valence-corrected chi connectivity index (χ3v) is 2.20. The van der Waals surface area contributed by atoms with E-state index in [1.165, 1.54) is 0 Å². The van der Waals surface area contributed by atoms with Crippen LogP contribution in [0.25, 0.3) is 0 Å². The second kappa shape index (κ2) is 6.11. The van der Waals surface area contributed by atoms with Crippen molar-refractivity contribution in [3.8, 4) is 0 Å². The second-order valence-corrected chi connectivity index (χ2v) is 3.47. The van der Waals surface area contributed by atoms with Crippen molar-refractivity contribution < 1.29 is 0 Å².